The molecule has 0 aliphatic rings. The molecular formula is C13H24N2O2S2. The molecule has 6 heteroatoms. The van der Waals surface area contributed by atoms with E-state index in [0.29, 0.717) is 29.8 Å². The van der Waals surface area contributed by atoms with Gasteiger partial charge in [-0.25, -0.2) is 8.42 Å². The largest absolute Gasteiger partial charge is 0.315 e. The highest BCUT2D eigenvalue weighted by Crippen LogP contribution is 2.28. The van der Waals surface area contributed by atoms with E-state index in [2.05, 4.69) is 5.32 Å². The SMILES string of the molecule is CCN(CC(C)C)S(=O)(=O)c1cc(C)c(CNC)s1. The predicted octanol–water partition coefficient (Wildman–Crippen LogP) is 2.44. The second kappa shape index (κ2) is 6.83. The molecule has 0 spiro atoms. The Balaban J connectivity index is 3.08. The Morgan fingerprint density at radius 3 is 2.53 bits per heavy atom. The molecule has 0 atom stereocenters. The molecule has 4 nitrogen and oxygen atoms in total. The number of rotatable bonds is 7. The van der Waals surface area contributed by atoms with E-state index in [1.165, 1.54) is 11.3 Å². The van der Waals surface area contributed by atoms with Crippen molar-refractivity contribution in [3.05, 3.63) is 16.5 Å². The normalized spacial score (nSPS) is 12.6. The van der Waals surface area contributed by atoms with Gasteiger partial charge in [-0.1, -0.05) is 20.8 Å². The smallest absolute Gasteiger partial charge is 0.252 e. The first kappa shape index (κ1) is 16.6. The summed E-state index contributed by atoms with van der Waals surface area (Å²) in [5.41, 5.74) is 1.04. The molecule has 19 heavy (non-hydrogen) atoms. The van der Waals surface area contributed by atoms with Crippen molar-refractivity contribution < 1.29 is 8.42 Å². The Kier molecular flexibility index (Phi) is 5.98. The van der Waals surface area contributed by atoms with Crippen LogP contribution in [0.3, 0.4) is 0 Å². The summed E-state index contributed by atoms with van der Waals surface area (Å²) < 4.78 is 27.2. The molecule has 0 aromatic carbocycles. The van der Waals surface area contributed by atoms with Gasteiger partial charge in [-0.05, 0) is 31.5 Å². The first-order valence-electron chi connectivity index (χ1n) is 6.57. The second-order valence-electron chi connectivity index (χ2n) is 5.05. The van der Waals surface area contributed by atoms with Crippen molar-refractivity contribution in [3.8, 4) is 0 Å². The Hall–Kier alpha value is -0.430. The third-order valence-electron chi connectivity index (χ3n) is 2.85. The molecule has 0 aliphatic carbocycles. The number of hydrogen-bond donors (Lipinski definition) is 1. The molecule has 110 valence electrons. The molecule has 1 aromatic rings. The minimum Gasteiger partial charge on any atom is -0.315 e. The summed E-state index contributed by atoms with van der Waals surface area (Å²) in [6.07, 6.45) is 0. The Morgan fingerprint density at radius 2 is 2.05 bits per heavy atom. The number of aryl methyl sites for hydroxylation is 1. The van der Waals surface area contributed by atoms with Crippen LogP contribution >= 0.6 is 11.3 Å². The van der Waals surface area contributed by atoms with Gasteiger partial charge >= 0.3 is 0 Å². The molecule has 1 heterocycles. The summed E-state index contributed by atoms with van der Waals surface area (Å²) in [7, 11) is -1.48. The van der Waals surface area contributed by atoms with E-state index in [1.807, 2.05) is 34.7 Å². The second-order valence-corrected chi connectivity index (χ2v) is 8.35. The Bertz CT molecular complexity index is 507. The number of nitrogens with zero attached hydrogens (tertiary/aromatic N) is 1. The van der Waals surface area contributed by atoms with Crippen LogP contribution in [0.1, 0.15) is 31.2 Å². The highest BCUT2D eigenvalue weighted by Gasteiger charge is 2.26. The zero-order valence-electron chi connectivity index (χ0n) is 12.4. The number of thiophene rings is 1. The van der Waals surface area contributed by atoms with Gasteiger partial charge in [-0.2, -0.15) is 4.31 Å². The van der Waals surface area contributed by atoms with E-state index >= 15 is 0 Å². The van der Waals surface area contributed by atoms with Crippen molar-refractivity contribution in [1.82, 2.24) is 9.62 Å². The first-order chi connectivity index (χ1) is 8.82. The van der Waals surface area contributed by atoms with Crippen LogP contribution in [0.5, 0.6) is 0 Å². The van der Waals surface area contributed by atoms with Crippen molar-refractivity contribution in [3.63, 3.8) is 0 Å². The van der Waals surface area contributed by atoms with E-state index in [0.717, 1.165) is 10.4 Å². The van der Waals surface area contributed by atoms with E-state index in [9.17, 15) is 8.42 Å². The fourth-order valence-electron chi connectivity index (χ4n) is 1.88. The van der Waals surface area contributed by atoms with Gasteiger partial charge in [0.25, 0.3) is 10.0 Å². The molecular weight excluding hydrogens is 280 g/mol. The van der Waals surface area contributed by atoms with Crippen LogP contribution in [0.2, 0.25) is 0 Å². The van der Waals surface area contributed by atoms with Crippen molar-refractivity contribution >= 4 is 21.4 Å². The molecule has 0 saturated carbocycles. The van der Waals surface area contributed by atoms with Crippen LogP contribution in [-0.4, -0.2) is 32.9 Å². The van der Waals surface area contributed by atoms with Gasteiger partial charge in [-0.3, -0.25) is 0 Å². The van der Waals surface area contributed by atoms with Gasteiger partial charge in [0.2, 0.25) is 0 Å². The van der Waals surface area contributed by atoms with Crippen LogP contribution in [0.25, 0.3) is 0 Å². The molecule has 1 rings (SSSR count). The summed E-state index contributed by atoms with van der Waals surface area (Å²) in [6.45, 7) is 9.70. The van der Waals surface area contributed by atoms with Gasteiger partial charge in [-0.15, -0.1) is 11.3 Å². The maximum atomic E-state index is 12.6. The fourth-order valence-corrected chi connectivity index (χ4v) is 5.25. The molecule has 1 aromatic heterocycles. The standard InChI is InChI=1S/C13H24N2O2S2/c1-6-15(9-10(2)3)19(16,17)13-7-11(4)12(18-13)8-14-5/h7,10,14H,6,8-9H2,1-5H3. The topological polar surface area (TPSA) is 49.4 Å². The summed E-state index contributed by atoms with van der Waals surface area (Å²) in [4.78, 5) is 1.08. The van der Waals surface area contributed by atoms with Crippen molar-refractivity contribution in [1.29, 1.82) is 0 Å². The molecule has 0 aliphatic heterocycles. The molecule has 0 fully saturated rings. The molecule has 0 bridgehead atoms. The quantitative estimate of drug-likeness (QED) is 0.842. The molecule has 0 unspecified atom stereocenters. The highest BCUT2D eigenvalue weighted by molar-refractivity contribution is 7.91. The first-order valence-corrected chi connectivity index (χ1v) is 8.82. The predicted molar refractivity (Wildman–Crippen MR) is 81.1 cm³/mol. The molecule has 0 saturated heterocycles. The maximum absolute atomic E-state index is 12.6. The van der Waals surface area contributed by atoms with Gasteiger partial charge in [0.15, 0.2) is 0 Å². The van der Waals surface area contributed by atoms with E-state index in [-0.39, 0.29) is 0 Å². The summed E-state index contributed by atoms with van der Waals surface area (Å²) >= 11 is 1.37. The number of nitrogens with one attached hydrogen (secondary N) is 1. The van der Waals surface area contributed by atoms with E-state index in [1.54, 1.807) is 10.4 Å². The lowest BCUT2D eigenvalue weighted by molar-refractivity contribution is 0.382. The average molecular weight is 304 g/mol. The number of sulfonamides is 1. The summed E-state index contributed by atoms with van der Waals surface area (Å²) in [5.74, 6) is 0.326. The zero-order chi connectivity index (χ0) is 14.6. The minimum absolute atomic E-state index is 0.326. The van der Waals surface area contributed by atoms with Gasteiger partial charge in [0, 0.05) is 24.5 Å². The third kappa shape index (κ3) is 4.02. The maximum Gasteiger partial charge on any atom is 0.252 e. The minimum atomic E-state index is -3.34. The summed E-state index contributed by atoms with van der Waals surface area (Å²) in [6, 6.07) is 1.79. The lowest BCUT2D eigenvalue weighted by atomic mass is 10.2. The van der Waals surface area contributed by atoms with E-state index < -0.39 is 10.0 Å². The van der Waals surface area contributed by atoms with Crippen molar-refractivity contribution in [2.75, 3.05) is 20.1 Å². The van der Waals surface area contributed by atoms with Crippen LogP contribution in [0.15, 0.2) is 10.3 Å². The Morgan fingerprint density at radius 1 is 1.42 bits per heavy atom. The fraction of sp³-hybridized carbons (Fsp3) is 0.692. The lowest BCUT2D eigenvalue weighted by Crippen LogP contribution is -2.33. The van der Waals surface area contributed by atoms with E-state index in [4.69, 9.17) is 0 Å². The third-order valence-corrected chi connectivity index (χ3v) is 6.48. The van der Waals surface area contributed by atoms with Crippen LogP contribution in [0, 0.1) is 12.8 Å². The van der Waals surface area contributed by atoms with Gasteiger partial charge in [0.1, 0.15) is 4.21 Å². The van der Waals surface area contributed by atoms with Gasteiger partial charge in [0.05, 0.1) is 0 Å². The van der Waals surface area contributed by atoms with Crippen LogP contribution in [0.4, 0.5) is 0 Å². The lowest BCUT2D eigenvalue weighted by Gasteiger charge is -2.21. The number of hydrogen-bond acceptors (Lipinski definition) is 4. The molecule has 0 radical (unpaired) electrons. The summed E-state index contributed by atoms with van der Waals surface area (Å²) in [5, 5.41) is 3.07. The highest BCUT2D eigenvalue weighted by atomic mass is 32.2. The van der Waals surface area contributed by atoms with Crippen LogP contribution in [-0.2, 0) is 16.6 Å². The molecule has 0 amide bonds. The average Bonchev–Trinajstić information content (AvgIpc) is 2.69. The zero-order valence-corrected chi connectivity index (χ0v) is 14.0. The van der Waals surface area contributed by atoms with Crippen LogP contribution < -0.4 is 5.32 Å². The Labute approximate surface area is 120 Å². The monoisotopic (exact) mass is 304 g/mol. The van der Waals surface area contributed by atoms with Crippen molar-refractivity contribution in [2.45, 2.75) is 38.4 Å². The molecule has 1 N–H and O–H groups in total. The van der Waals surface area contributed by atoms with Gasteiger partial charge < -0.3 is 5.32 Å². The van der Waals surface area contributed by atoms with Crippen molar-refractivity contribution in [2.24, 2.45) is 5.92 Å².